The number of nitrogens with one attached hydrogen (secondary N) is 3. The summed E-state index contributed by atoms with van der Waals surface area (Å²) < 4.78 is 0. The monoisotopic (exact) mass is 349 g/mol. The molecule has 1 atom stereocenters. The van der Waals surface area contributed by atoms with Crippen molar-refractivity contribution in [3.8, 4) is 0 Å². The molecule has 0 saturated carbocycles. The molecule has 5 nitrogen and oxygen atoms in total. The van der Waals surface area contributed by atoms with Crippen LogP contribution in [0.3, 0.4) is 0 Å². The smallest absolute Gasteiger partial charge is 0.247 e. The van der Waals surface area contributed by atoms with E-state index in [4.69, 9.17) is 0 Å². The van der Waals surface area contributed by atoms with E-state index in [-0.39, 0.29) is 36.3 Å². The summed E-state index contributed by atoms with van der Waals surface area (Å²) in [6, 6.07) is 3.20. The second-order valence-corrected chi connectivity index (χ2v) is 5.61. The number of amides is 1. The summed E-state index contributed by atoms with van der Waals surface area (Å²) in [7, 11) is 0. The van der Waals surface area contributed by atoms with Crippen LogP contribution in [0.25, 0.3) is 0 Å². The second kappa shape index (κ2) is 10.6. The highest BCUT2D eigenvalue weighted by molar-refractivity contribution is 5.85. The highest BCUT2D eigenvalue weighted by Gasteiger charge is 2.21. The first-order valence-electron chi connectivity index (χ1n) is 7.30. The number of rotatable bonds is 5. The zero-order chi connectivity index (χ0) is 14.4. The predicted octanol–water partition coefficient (Wildman–Crippen LogP) is 1.86. The van der Waals surface area contributed by atoms with Crippen molar-refractivity contribution in [3.05, 3.63) is 34.2 Å². The van der Waals surface area contributed by atoms with Gasteiger partial charge in [0.15, 0.2) is 0 Å². The molecular weight excluding hydrogens is 325 g/mol. The second-order valence-electron chi connectivity index (χ2n) is 5.61. The van der Waals surface area contributed by atoms with Crippen LogP contribution in [0.2, 0.25) is 0 Å². The Hall–Kier alpha value is -1.04. The van der Waals surface area contributed by atoms with E-state index in [2.05, 4.69) is 22.5 Å². The van der Waals surface area contributed by atoms with Crippen molar-refractivity contribution < 1.29 is 4.79 Å². The first-order valence-corrected chi connectivity index (χ1v) is 7.30. The van der Waals surface area contributed by atoms with E-state index in [9.17, 15) is 9.59 Å². The summed E-state index contributed by atoms with van der Waals surface area (Å²) in [4.78, 5) is 25.5. The summed E-state index contributed by atoms with van der Waals surface area (Å²) in [5.74, 6) is 1.16. The minimum Gasteiger partial charge on any atom is -0.352 e. The maximum atomic E-state index is 11.9. The number of H-pyrrole nitrogens is 1. The zero-order valence-electron chi connectivity index (χ0n) is 12.8. The number of hydrogen-bond acceptors (Lipinski definition) is 3. The van der Waals surface area contributed by atoms with Gasteiger partial charge in [0.25, 0.3) is 0 Å². The molecule has 1 aliphatic heterocycles. The van der Waals surface area contributed by atoms with Crippen LogP contribution >= 0.6 is 24.8 Å². The van der Waals surface area contributed by atoms with Gasteiger partial charge in [-0.1, -0.05) is 13.0 Å². The first kappa shape index (κ1) is 21.0. The van der Waals surface area contributed by atoms with Crippen LogP contribution in [0.5, 0.6) is 0 Å². The van der Waals surface area contributed by atoms with Gasteiger partial charge >= 0.3 is 0 Å². The number of carbonyl (C=O) groups excluding carboxylic acids is 1. The number of aromatic amines is 1. The number of aromatic nitrogens is 1. The highest BCUT2D eigenvalue weighted by atomic mass is 35.5. The Balaban J connectivity index is 0.00000220. The third kappa shape index (κ3) is 6.81. The highest BCUT2D eigenvalue weighted by Crippen LogP contribution is 2.24. The molecule has 1 aliphatic rings. The number of halogens is 2. The van der Waals surface area contributed by atoms with Crippen molar-refractivity contribution in [2.45, 2.75) is 32.7 Å². The lowest BCUT2D eigenvalue weighted by molar-refractivity contribution is -0.122. The van der Waals surface area contributed by atoms with E-state index in [1.54, 1.807) is 12.3 Å². The van der Waals surface area contributed by atoms with E-state index in [1.807, 2.05) is 0 Å². The largest absolute Gasteiger partial charge is 0.352 e. The average Bonchev–Trinajstić information content (AvgIpc) is 2.47. The van der Waals surface area contributed by atoms with Gasteiger partial charge in [-0.3, -0.25) is 9.59 Å². The standard InChI is InChI=1S/C15H23N3O2.2ClH/c1-11(13-4-6-16-7-5-13)8-15(20)18-10-12-2-3-14(19)17-9-12;;/h2-3,9,11,13,16H,4-8,10H2,1H3,(H,17,19)(H,18,20);2*1H. The summed E-state index contributed by atoms with van der Waals surface area (Å²) in [6.07, 6.45) is 4.54. The molecule has 22 heavy (non-hydrogen) atoms. The topological polar surface area (TPSA) is 74.0 Å². The van der Waals surface area contributed by atoms with Crippen molar-refractivity contribution in [1.82, 2.24) is 15.6 Å². The predicted molar refractivity (Wildman–Crippen MR) is 92.8 cm³/mol. The minimum atomic E-state index is -0.125. The summed E-state index contributed by atoms with van der Waals surface area (Å²) in [6.45, 7) is 4.76. The van der Waals surface area contributed by atoms with E-state index in [0.29, 0.717) is 24.8 Å². The molecule has 2 heterocycles. The van der Waals surface area contributed by atoms with Gasteiger partial charge in [0, 0.05) is 25.2 Å². The molecule has 0 bridgehead atoms. The molecular formula is C15H25Cl2N3O2. The lowest BCUT2D eigenvalue weighted by atomic mass is 9.84. The third-order valence-electron chi connectivity index (χ3n) is 4.03. The molecule has 0 spiro atoms. The molecule has 1 saturated heterocycles. The van der Waals surface area contributed by atoms with Gasteiger partial charge in [-0.15, -0.1) is 24.8 Å². The molecule has 2 rings (SSSR count). The fourth-order valence-electron chi connectivity index (χ4n) is 2.70. The summed E-state index contributed by atoms with van der Waals surface area (Å²) in [5, 5.41) is 6.26. The van der Waals surface area contributed by atoms with Crippen LogP contribution in [0.15, 0.2) is 23.1 Å². The maximum Gasteiger partial charge on any atom is 0.247 e. The van der Waals surface area contributed by atoms with Crippen LogP contribution < -0.4 is 16.2 Å². The van der Waals surface area contributed by atoms with Crippen LogP contribution in [0, 0.1) is 11.8 Å². The van der Waals surface area contributed by atoms with Crippen LogP contribution in [0.4, 0.5) is 0 Å². The van der Waals surface area contributed by atoms with Gasteiger partial charge in [-0.25, -0.2) is 0 Å². The van der Waals surface area contributed by atoms with E-state index in [1.165, 1.54) is 6.07 Å². The average molecular weight is 350 g/mol. The molecule has 1 aromatic heterocycles. The maximum absolute atomic E-state index is 11.9. The van der Waals surface area contributed by atoms with Crippen molar-refractivity contribution in [2.75, 3.05) is 13.1 Å². The normalized spacial score (nSPS) is 16.0. The van der Waals surface area contributed by atoms with E-state index >= 15 is 0 Å². The van der Waals surface area contributed by atoms with Crippen LogP contribution in [-0.4, -0.2) is 24.0 Å². The molecule has 0 aromatic carbocycles. The lowest BCUT2D eigenvalue weighted by Gasteiger charge is -2.27. The number of piperidine rings is 1. The Kier molecular flexibility index (Phi) is 10.1. The molecule has 1 aromatic rings. The molecule has 1 unspecified atom stereocenters. The number of carbonyl (C=O) groups is 1. The third-order valence-corrected chi connectivity index (χ3v) is 4.03. The van der Waals surface area contributed by atoms with E-state index in [0.717, 1.165) is 31.5 Å². The Bertz CT molecular complexity index is 481. The SMILES string of the molecule is CC(CC(=O)NCc1ccc(=O)[nH]c1)C1CCNCC1.Cl.Cl. The minimum absolute atomic E-state index is 0. The van der Waals surface area contributed by atoms with Crippen LogP contribution in [-0.2, 0) is 11.3 Å². The van der Waals surface area contributed by atoms with Gasteiger partial charge in [-0.05, 0) is 43.3 Å². The Morgan fingerprint density at radius 3 is 2.59 bits per heavy atom. The molecule has 7 heteroatoms. The van der Waals surface area contributed by atoms with Crippen molar-refractivity contribution >= 4 is 30.7 Å². The fourth-order valence-corrected chi connectivity index (χ4v) is 2.70. The van der Waals surface area contributed by atoms with E-state index < -0.39 is 0 Å². The van der Waals surface area contributed by atoms with Crippen molar-refractivity contribution in [3.63, 3.8) is 0 Å². The Morgan fingerprint density at radius 1 is 1.32 bits per heavy atom. The Morgan fingerprint density at radius 2 is 2.00 bits per heavy atom. The van der Waals surface area contributed by atoms with Gasteiger partial charge < -0.3 is 15.6 Å². The van der Waals surface area contributed by atoms with Crippen LogP contribution in [0.1, 0.15) is 31.7 Å². The van der Waals surface area contributed by atoms with Gasteiger partial charge in [-0.2, -0.15) is 0 Å². The molecule has 1 amide bonds. The zero-order valence-corrected chi connectivity index (χ0v) is 14.4. The first-order chi connectivity index (χ1) is 9.65. The van der Waals surface area contributed by atoms with Crippen molar-refractivity contribution in [2.24, 2.45) is 11.8 Å². The Labute approximate surface area is 143 Å². The quantitative estimate of drug-likeness (QED) is 0.759. The van der Waals surface area contributed by atoms with Gasteiger partial charge in [0.1, 0.15) is 0 Å². The van der Waals surface area contributed by atoms with Gasteiger partial charge in [0.05, 0.1) is 0 Å². The molecule has 1 fully saturated rings. The number of pyridine rings is 1. The lowest BCUT2D eigenvalue weighted by Crippen LogP contribution is -2.33. The summed E-state index contributed by atoms with van der Waals surface area (Å²) in [5.41, 5.74) is 0.784. The summed E-state index contributed by atoms with van der Waals surface area (Å²) >= 11 is 0. The number of hydrogen-bond donors (Lipinski definition) is 3. The van der Waals surface area contributed by atoms with Crippen molar-refractivity contribution in [1.29, 1.82) is 0 Å². The molecule has 0 radical (unpaired) electrons. The fraction of sp³-hybridized carbons (Fsp3) is 0.600. The van der Waals surface area contributed by atoms with Gasteiger partial charge in [0.2, 0.25) is 11.5 Å². The molecule has 3 N–H and O–H groups in total. The molecule has 126 valence electrons. The molecule has 0 aliphatic carbocycles.